The van der Waals surface area contributed by atoms with Gasteiger partial charge in [-0.2, -0.15) is 0 Å². The molecule has 4 heteroatoms. The molecule has 1 aromatic carbocycles. The van der Waals surface area contributed by atoms with Gasteiger partial charge in [-0.3, -0.25) is 9.69 Å². The molecule has 0 spiro atoms. The van der Waals surface area contributed by atoms with Crippen molar-refractivity contribution >= 4 is 17.3 Å². The fourth-order valence-corrected chi connectivity index (χ4v) is 2.15. The van der Waals surface area contributed by atoms with Crippen LogP contribution in [0.25, 0.3) is 0 Å². The molecule has 0 saturated carbocycles. The average Bonchev–Trinajstić information content (AvgIpc) is 2.36. The number of hydrogen-bond donors (Lipinski definition) is 2. The van der Waals surface area contributed by atoms with Crippen LogP contribution in [0, 0.1) is 6.92 Å². The normalized spacial score (nSPS) is 16.0. The zero-order valence-electron chi connectivity index (χ0n) is 11.6. The number of amides is 1. The molecule has 1 heterocycles. The number of nitrogens with two attached hydrogens (primary N) is 1. The molecule has 0 radical (unpaired) electrons. The third kappa shape index (κ3) is 3.83. The number of nitrogen functional groups attached to an aromatic ring is 1. The van der Waals surface area contributed by atoms with E-state index in [2.05, 4.69) is 23.2 Å². The summed E-state index contributed by atoms with van der Waals surface area (Å²) in [6.07, 6.45) is 3.22. The lowest BCUT2D eigenvalue weighted by molar-refractivity contribution is -0.117. The van der Waals surface area contributed by atoms with E-state index in [9.17, 15) is 4.79 Å². The Morgan fingerprint density at radius 3 is 2.84 bits per heavy atom. The minimum atomic E-state index is -0.0106. The molecule has 102 valence electrons. The van der Waals surface area contributed by atoms with Gasteiger partial charge >= 0.3 is 0 Å². The highest BCUT2D eigenvalue weighted by atomic mass is 16.2. The van der Waals surface area contributed by atoms with Gasteiger partial charge in [-0.1, -0.05) is 17.7 Å². The second-order valence-electron chi connectivity index (χ2n) is 5.17. The minimum Gasteiger partial charge on any atom is -0.397 e. The van der Waals surface area contributed by atoms with Crippen LogP contribution in [0.4, 0.5) is 11.4 Å². The van der Waals surface area contributed by atoms with Crippen molar-refractivity contribution < 1.29 is 4.79 Å². The lowest BCUT2D eigenvalue weighted by Gasteiger charge is -2.24. The Bertz CT molecular complexity index is 508. The minimum absolute atomic E-state index is 0.0106. The number of hydrogen-bond acceptors (Lipinski definition) is 3. The van der Waals surface area contributed by atoms with E-state index in [1.165, 1.54) is 5.57 Å². The van der Waals surface area contributed by atoms with Gasteiger partial charge in [0.05, 0.1) is 17.9 Å². The van der Waals surface area contributed by atoms with Crippen LogP contribution in [0.1, 0.15) is 18.9 Å². The third-order valence-corrected chi connectivity index (χ3v) is 3.37. The molecule has 4 nitrogen and oxygen atoms in total. The van der Waals surface area contributed by atoms with Gasteiger partial charge in [-0.05, 0) is 38.0 Å². The number of anilines is 2. The summed E-state index contributed by atoms with van der Waals surface area (Å²) >= 11 is 0. The summed E-state index contributed by atoms with van der Waals surface area (Å²) in [4.78, 5) is 14.1. The molecular weight excluding hydrogens is 238 g/mol. The van der Waals surface area contributed by atoms with E-state index in [4.69, 9.17) is 5.73 Å². The fourth-order valence-electron chi connectivity index (χ4n) is 2.15. The van der Waals surface area contributed by atoms with Crippen LogP contribution in [0.2, 0.25) is 0 Å². The van der Waals surface area contributed by atoms with E-state index < -0.39 is 0 Å². The largest absolute Gasteiger partial charge is 0.397 e. The first-order chi connectivity index (χ1) is 9.04. The van der Waals surface area contributed by atoms with Gasteiger partial charge in [0.15, 0.2) is 0 Å². The number of carbonyl (C=O) groups excluding carboxylic acids is 1. The Hall–Kier alpha value is -1.81. The first-order valence-corrected chi connectivity index (χ1v) is 6.58. The van der Waals surface area contributed by atoms with Crippen molar-refractivity contribution in [2.45, 2.75) is 20.3 Å². The molecule has 1 aliphatic heterocycles. The number of nitrogens with one attached hydrogen (secondary N) is 1. The highest BCUT2D eigenvalue weighted by Crippen LogP contribution is 2.19. The van der Waals surface area contributed by atoms with Crippen molar-refractivity contribution in [3.8, 4) is 0 Å². The van der Waals surface area contributed by atoms with Crippen LogP contribution in [0.15, 0.2) is 29.8 Å². The molecule has 3 N–H and O–H groups in total. The molecule has 19 heavy (non-hydrogen) atoms. The molecule has 0 fully saturated rings. The SMILES string of the molecule is CC1=CCN(CC(=O)Nc2ccc(C)cc2N)CC1. The van der Waals surface area contributed by atoms with Crippen molar-refractivity contribution in [1.82, 2.24) is 4.90 Å². The maximum Gasteiger partial charge on any atom is 0.238 e. The molecule has 0 aliphatic carbocycles. The first kappa shape index (κ1) is 13.6. The number of aryl methyl sites for hydroxylation is 1. The van der Waals surface area contributed by atoms with Crippen LogP contribution < -0.4 is 11.1 Å². The Morgan fingerprint density at radius 2 is 2.21 bits per heavy atom. The Kier molecular flexibility index (Phi) is 4.22. The number of rotatable bonds is 3. The van der Waals surface area contributed by atoms with Gasteiger partial charge in [-0.15, -0.1) is 0 Å². The van der Waals surface area contributed by atoms with Crippen LogP contribution in [-0.4, -0.2) is 30.4 Å². The number of nitrogens with zero attached hydrogens (tertiary/aromatic N) is 1. The molecule has 1 aromatic rings. The Balaban J connectivity index is 1.91. The van der Waals surface area contributed by atoms with E-state index in [-0.39, 0.29) is 5.91 Å². The Labute approximate surface area is 114 Å². The van der Waals surface area contributed by atoms with Crippen molar-refractivity contribution in [1.29, 1.82) is 0 Å². The van der Waals surface area contributed by atoms with Gasteiger partial charge in [0, 0.05) is 13.1 Å². The second-order valence-corrected chi connectivity index (χ2v) is 5.17. The lowest BCUT2D eigenvalue weighted by atomic mass is 10.1. The quantitative estimate of drug-likeness (QED) is 0.646. The van der Waals surface area contributed by atoms with Crippen LogP contribution in [-0.2, 0) is 4.79 Å². The fraction of sp³-hybridized carbons (Fsp3) is 0.400. The summed E-state index contributed by atoms with van der Waals surface area (Å²) in [5.74, 6) is -0.0106. The molecule has 0 saturated heterocycles. The maximum atomic E-state index is 12.0. The highest BCUT2D eigenvalue weighted by Gasteiger charge is 2.13. The van der Waals surface area contributed by atoms with Crippen LogP contribution >= 0.6 is 0 Å². The molecule has 1 aliphatic rings. The van der Waals surface area contributed by atoms with E-state index in [0.717, 1.165) is 25.1 Å². The summed E-state index contributed by atoms with van der Waals surface area (Å²) in [5.41, 5.74) is 9.68. The van der Waals surface area contributed by atoms with Gasteiger partial charge in [-0.25, -0.2) is 0 Å². The van der Waals surface area contributed by atoms with E-state index in [0.29, 0.717) is 17.9 Å². The molecular formula is C15H21N3O. The van der Waals surface area contributed by atoms with Crippen LogP contribution in [0.5, 0.6) is 0 Å². The van der Waals surface area contributed by atoms with E-state index in [1.54, 1.807) is 0 Å². The molecule has 0 atom stereocenters. The second kappa shape index (κ2) is 5.89. The molecule has 0 unspecified atom stereocenters. The third-order valence-electron chi connectivity index (χ3n) is 3.37. The summed E-state index contributed by atoms with van der Waals surface area (Å²) in [6.45, 7) is 6.31. The number of benzene rings is 1. The van der Waals surface area contributed by atoms with Crippen molar-refractivity contribution in [3.05, 3.63) is 35.4 Å². The maximum absolute atomic E-state index is 12.0. The molecule has 1 amide bonds. The van der Waals surface area contributed by atoms with Crippen molar-refractivity contribution in [3.63, 3.8) is 0 Å². The Morgan fingerprint density at radius 1 is 1.42 bits per heavy atom. The number of carbonyl (C=O) groups is 1. The molecule has 0 bridgehead atoms. The standard InChI is InChI=1S/C15H21N3O/c1-11-5-7-18(8-6-11)10-15(19)17-14-4-3-12(2)9-13(14)16/h3-5,9H,6-8,10,16H2,1-2H3,(H,17,19). The predicted octanol–water partition coefficient (Wildman–Crippen LogP) is 2.17. The predicted molar refractivity (Wildman–Crippen MR) is 79.0 cm³/mol. The van der Waals surface area contributed by atoms with E-state index >= 15 is 0 Å². The zero-order valence-corrected chi connectivity index (χ0v) is 11.6. The summed E-state index contributed by atoms with van der Waals surface area (Å²) in [6, 6.07) is 5.66. The highest BCUT2D eigenvalue weighted by molar-refractivity contribution is 5.95. The lowest BCUT2D eigenvalue weighted by Crippen LogP contribution is -2.36. The van der Waals surface area contributed by atoms with Gasteiger partial charge < -0.3 is 11.1 Å². The van der Waals surface area contributed by atoms with Crippen molar-refractivity contribution in [2.24, 2.45) is 0 Å². The monoisotopic (exact) mass is 259 g/mol. The van der Waals surface area contributed by atoms with Crippen LogP contribution in [0.3, 0.4) is 0 Å². The summed E-state index contributed by atoms with van der Waals surface area (Å²) in [5, 5.41) is 2.87. The van der Waals surface area contributed by atoms with Gasteiger partial charge in [0.1, 0.15) is 0 Å². The smallest absolute Gasteiger partial charge is 0.238 e. The van der Waals surface area contributed by atoms with Gasteiger partial charge in [0.25, 0.3) is 0 Å². The summed E-state index contributed by atoms with van der Waals surface area (Å²) in [7, 11) is 0. The van der Waals surface area contributed by atoms with Crippen molar-refractivity contribution in [2.75, 3.05) is 30.7 Å². The first-order valence-electron chi connectivity index (χ1n) is 6.58. The molecule has 2 rings (SSSR count). The summed E-state index contributed by atoms with van der Waals surface area (Å²) < 4.78 is 0. The van der Waals surface area contributed by atoms with Gasteiger partial charge in [0.2, 0.25) is 5.91 Å². The topological polar surface area (TPSA) is 58.4 Å². The average molecular weight is 259 g/mol. The molecule has 0 aromatic heterocycles. The zero-order chi connectivity index (χ0) is 13.8. The van der Waals surface area contributed by atoms with E-state index in [1.807, 2.05) is 25.1 Å².